The molecule has 8 bridgehead atoms. The molecule has 0 radical (unpaired) electrons. The second kappa shape index (κ2) is 17.3. The summed E-state index contributed by atoms with van der Waals surface area (Å²) in [6.45, 7) is 0. The zero-order valence-electron chi connectivity index (χ0n) is 32.4. The topological polar surface area (TPSA) is 218 Å². The van der Waals surface area contributed by atoms with E-state index in [1.807, 2.05) is 48.6 Å². The first kappa shape index (κ1) is 42.7. The Hall–Kier alpha value is -7.39. The molecule has 3 aromatic heterocycles. The van der Waals surface area contributed by atoms with Crippen molar-refractivity contribution in [1.29, 1.82) is 0 Å². The Morgan fingerprint density at radius 2 is 0.516 bits per heavy atom. The molecule has 62 heavy (non-hydrogen) atoms. The number of aromatic amines is 2. The van der Waals surface area contributed by atoms with E-state index >= 15 is 0 Å². The first-order valence-corrected chi connectivity index (χ1v) is 18.5. The number of rotatable bonds is 8. The van der Waals surface area contributed by atoms with Crippen LogP contribution in [0.15, 0.2) is 121 Å². The van der Waals surface area contributed by atoms with Crippen LogP contribution in [0.5, 0.6) is 0 Å². The van der Waals surface area contributed by atoms with Gasteiger partial charge in [0.2, 0.25) is 0 Å². The van der Waals surface area contributed by atoms with E-state index in [1.165, 1.54) is 48.5 Å². The quantitative estimate of drug-likeness (QED) is 0.199. The van der Waals surface area contributed by atoms with Crippen molar-refractivity contribution in [2.24, 2.45) is 0 Å². The van der Waals surface area contributed by atoms with Gasteiger partial charge in [0, 0.05) is 44.3 Å². The maximum Gasteiger partial charge on any atom is 2.00 e. The summed E-state index contributed by atoms with van der Waals surface area (Å²) in [4.78, 5) is 64.2. The number of hydrogen-bond acceptors (Lipinski definition) is 10. The van der Waals surface area contributed by atoms with Gasteiger partial charge in [-0.2, -0.15) is 0 Å². The third-order valence-electron chi connectivity index (χ3n) is 10.4. The van der Waals surface area contributed by atoms with Crippen LogP contribution in [-0.4, -0.2) is 43.8 Å². The van der Waals surface area contributed by atoms with E-state index < -0.39 is 23.9 Å². The standard InChI is InChI=1S/C48H30N4O8.2Zn/c53-45(54)29-9-1-25(2-10-29)41-33-17-19-35(49-33)42(26-3-11-30(12-4-26)46(55)56)37-21-23-39(51-37)44(28-7-15-32(16-8-28)48(59)60)40-24-22-38(52-40)43(36-20-18-34(41)50-36)27-5-13-31(14-6-27)47(57)58;;/h1-24,49,52H,(H,53,54)(H,55,56)(H,57,58)(H,59,60);;/q;2*+2/p-4. The SMILES string of the molecule is O=C([O-])c1ccc(-c2c3nc(c(-c4ccc(C(=O)[O-])cc4)c4ccc([nH]4)c(-c4ccc(C(=O)[O-])cc4)c4nc(c(-c5ccc(C(=O)[O-])cc5)c5ccc2[nH]5)C=C4)C=C3)cc1.[Zn+2].[Zn+2]. The molecule has 0 saturated heterocycles. The Labute approximate surface area is 377 Å². The molecule has 2 N–H and O–H groups in total. The van der Waals surface area contributed by atoms with Gasteiger partial charge in [-0.3, -0.25) is 0 Å². The Bertz CT molecular complexity index is 2770. The Balaban J connectivity index is 0.00000289. The van der Waals surface area contributed by atoms with Crippen molar-refractivity contribution >= 4 is 70.2 Å². The molecule has 0 atom stereocenters. The van der Waals surface area contributed by atoms with Gasteiger partial charge >= 0.3 is 39.0 Å². The molecule has 12 nitrogen and oxygen atoms in total. The molecule has 4 aromatic carbocycles. The predicted octanol–water partition coefficient (Wildman–Crippen LogP) is 4.77. The number of carbonyl (C=O) groups excluding carboxylic acids is 4. The van der Waals surface area contributed by atoms with Crippen LogP contribution in [0, 0.1) is 0 Å². The molecule has 14 heteroatoms. The summed E-state index contributed by atoms with van der Waals surface area (Å²) in [5.41, 5.74) is 9.58. The van der Waals surface area contributed by atoms with Gasteiger partial charge in [0.15, 0.2) is 0 Å². The fraction of sp³-hybridized carbons (Fsp3) is 0. The van der Waals surface area contributed by atoms with Crippen molar-refractivity contribution in [1.82, 2.24) is 19.9 Å². The summed E-state index contributed by atoms with van der Waals surface area (Å²) in [5, 5.41) is 46.8. The maximum atomic E-state index is 11.7. The van der Waals surface area contributed by atoms with Crippen molar-refractivity contribution < 1.29 is 78.6 Å². The number of nitrogens with one attached hydrogen (secondary N) is 2. The zero-order valence-corrected chi connectivity index (χ0v) is 38.4. The molecule has 7 aromatic rings. The number of fused-ring (bicyclic) bond motifs is 8. The van der Waals surface area contributed by atoms with Crippen LogP contribution >= 0.6 is 0 Å². The minimum Gasteiger partial charge on any atom is -0.545 e. The normalized spacial score (nSPS) is 11.4. The molecule has 2 aliphatic heterocycles. The van der Waals surface area contributed by atoms with Crippen LogP contribution in [0.4, 0.5) is 0 Å². The first-order chi connectivity index (χ1) is 29.0. The number of carboxylic acid groups (broad SMARTS) is 4. The molecule has 0 unspecified atom stereocenters. The van der Waals surface area contributed by atoms with Gasteiger partial charge in [-0.25, -0.2) is 9.97 Å². The van der Waals surface area contributed by atoms with Gasteiger partial charge in [0.05, 0.1) is 46.7 Å². The summed E-state index contributed by atoms with van der Waals surface area (Å²) in [6.07, 6.45) is 7.33. The summed E-state index contributed by atoms with van der Waals surface area (Å²) in [7, 11) is 0. The van der Waals surface area contributed by atoms with Crippen molar-refractivity contribution in [3.05, 3.63) is 166 Å². The number of H-pyrrole nitrogens is 2. The van der Waals surface area contributed by atoms with Gasteiger partial charge in [-0.15, -0.1) is 0 Å². The van der Waals surface area contributed by atoms with E-state index in [9.17, 15) is 39.6 Å². The van der Waals surface area contributed by atoms with Crippen molar-refractivity contribution in [3.8, 4) is 44.5 Å². The summed E-state index contributed by atoms with van der Waals surface area (Å²) in [6, 6.07) is 32.4. The monoisotopic (exact) mass is 914 g/mol. The van der Waals surface area contributed by atoms with Crippen molar-refractivity contribution in [3.63, 3.8) is 0 Å². The largest absolute Gasteiger partial charge is 2.00 e. The predicted molar refractivity (Wildman–Crippen MR) is 218 cm³/mol. The van der Waals surface area contributed by atoms with Gasteiger partial charge in [-0.05, 0) is 93.1 Å². The number of carbonyl (C=O) groups is 4. The zero-order chi connectivity index (χ0) is 41.7. The van der Waals surface area contributed by atoms with Crippen molar-refractivity contribution in [2.45, 2.75) is 0 Å². The Morgan fingerprint density at radius 1 is 0.323 bits per heavy atom. The van der Waals surface area contributed by atoms with E-state index in [4.69, 9.17) is 9.97 Å². The molecule has 0 saturated carbocycles. The molecular formula is C48H26N4O8Zn2. The number of nitrogens with zero attached hydrogens (tertiary/aromatic N) is 2. The minimum atomic E-state index is -1.32. The summed E-state index contributed by atoms with van der Waals surface area (Å²) >= 11 is 0. The van der Waals surface area contributed by atoms with Gasteiger partial charge in [0.1, 0.15) is 0 Å². The van der Waals surface area contributed by atoms with E-state index in [-0.39, 0.29) is 61.2 Å². The van der Waals surface area contributed by atoms with E-state index in [0.29, 0.717) is 89.4 Å². The third kappa shape index (κ3) is 7.97. The minimum absolute atomic E-state index is 0. The molecule has 0 amide bonds. The van der Waals surface area contributed by atoms with Crippen LogP contribution in [-0.2, 0) is 39.0 Å². The summed E-state index contributed by atoms with van der Waals surface area (Å²) < 4.78 is 0. The third-order valence-corrected chi connectivity index (χ3v) is 10.4. The molecular weight excluding hydrogens is 891 g/mol. The molecule has 290 valence electrons. The van der Waals surface area contributed by atoms with Crippen LogP contribution in [0.2, 0.25) is 0 Å². The molecule has 0 spiro atoms. The molecule has 9 rings (SSSR count). The van der Waals surface area contributed by atoms with E-state index in [2.05, 4.69) is 9.97 Å². The maximum absolute atomic E-state index is 11.7. The van der Waals surface area contributed by atoms with E-state index in [1.54, 1.807) is 48.5 Å². The smallest absolute Gasteiger partial charge is 0.545 e. The second-order valence-corrected chi connectivity index (χ2v) is 14.0. The van der Waals surface area contributed by atoms with Crippen molar-refractivity contribution in [2.75, 3.05) is 0 Å². The van der Waals surface area contributed by atoms with E-state index in [0.717, 1.165) is 0 Å². The number of hydrogen-bond donors (Lipinski definition) is 2. The average Bonchev–Trinajstić information content (AvgIpc) is 4.10. The van der Waals surface area contributed by atoms with Crippen LogP contribution < -0.4 is 20.4 Å². The second-order valence-electron chi connectivity index (χ2n) is 14.0. The van der Waals surface area contributed by atoms with Gasteiger partial charge < -0.3 is 49.6 Å². The number of benzene rings is 4. The molecule has 0 fully saturated rings. The molecule has 5 heterocycles. The Morgan fingerprint density at radius 3 is 0.694 bits per heavy atom. The summed E-state index contributed by atoms with van der Waals surface area (Å²) in [5.74, 6) is -5.30. The number of carboxylic acids is 4. The van der Waals surface area contributed by atoms with Crippen LogP contribution in [0.25, 0.3) is 90.9 Å². The van der Waals surface area contributed by atoms with Gasteiger partial charge in [0.25, 0.3) is 0 Å². The fourth-order valence-electron chi connectivity index (χ4n) is 7.51. The first-order valence-electron chi connectivity index (χ1n) is 18.5. The Kier molecular flexibility index (Phi) is 11.9. The fourth-order valence-corrected chi connectivity index (χ4v) is 7.51. The number of aromatic nitrogens is 4. The molecule has 0 aliphatic carbocycles. The van der Waals surface area contributed by atoms with Gasteiger partial charge in [-0.1, -0.05) is 97.1 Å². The molecule has 2 aliphatic rings. The number of aromatic carboxylic acids is 4. The van der Waals surface area contributed by atoms with Crippen LogP contribution in [0.3, 0.4) is 0 Å². The average molecular weight is 918 g/mol. The van der Waals surface area contributed by atoms with Crippen LogP contribution in [0.1, 0.15) is 64.2 Å².